The largest absolute Gasteiger partial charge is 0.461 e. The molecule has 0 radical (unpaired) electrons. The van der Waals surface area contributed by atoms with Crippen LogP contribution in [0.3, 0.4) is 0 Å². The summed E-state index contributed by atoms with van der Waals surface area (Å²) in [6.07, 6.45) is 1.32. The normalized spacial score (nSPS) is 25.8. The summed E-state index contributed by atoms with van der Waals surface area (Å²) in [4.78, 5) is 53.7. The van der Waals surface area contributed by atoms with E-state index < -0.39 is 72.0 Å². The van der Waals surface area contributed by atoms with E-state index >= 15 is 8.78 Å². The summed E-state index contributed by atoms with van der Waals surface area (Å²) in [6, 6.07) is 2.33. The molecule has 3 amide bonds. The molecule has 6 atom stereocenters. The van der Waals surface area contributed by atoms with Crippen molar-refractivity contribution in [1.82, 2.24) is 15.5 Å². The topological polar surface area (TPSA) is 117 Å². The predicted octanol–water partition coefficient (Wildman–Crippen LogP) is 4.61. The van der Waals surface area contributed by atoms with Gasteiger partial charge in [0.05, 0.1) is 18.6 Å². The third kappa shape index (κ3) is 7.86. The fourth-order valence-electron chi connectivity index (χ4n) is 6.53. The number of hydrogen-bond donors (Lipinski definition) is 3. The number of carbonyl (C=O) groups is 4. The molecule has 3 heterocycles. The lowest BCUT2D eigenvalue weighted by Gasteiger charge is -2.54. The number of benzene rings is 1. The molecule has 1 aliphatic carbocycles. The number of halogens is 4. The summed E-state index contributed by atoms with van der Waals surface area (Å²) < 4.78 is 50.1. The second-order valence-electron chi connectivity index (χ2n) is 12.2. The van der Waals surface area contributed by atoms with E-state index in [0.717, 1.165) is 6.08 Å². The van der Waals surface area contributed by atoms with Crippen LogP contribution in [-0.2, 0) is 23.9 Å². The Morgan fingerprint density at radius 3 is 2.59 bits per heavy atom. The van der Waals surface area contributed by atoms with Gasteiger partial charge in [0.15, 0.2) is 0 Å². The summed E-state index contributed by atoms with van der Waals surface area (Å²) in [6.45, 7) is 5.67. The first kappa shape index (κ1) is 33.6. The van der Waals surface area contributed by atoms with Crippen LogP contribution in [0.1, 0.15) is 59.3 Å². The molecule has 2 bridgehead atoms. The van der Waals surface area contributed by atoms with Crippen molar-refractivity contribution in [3.63, 3.8) is 0 Å². The summed E-state index contributed by atoms with van der Waals surface area (Å²) in [5.41, 5.74) is 0.569. The lowest BCUT2D eigenvalue weighted by molar-refractivity contribution is -0.194. The number of alkyl halides is 2. The van der Waals surface area contributed by atoms with Crippen molar-refractivity contribution in [3.05, 3.63) is 41.2 Å². The van der Waals surface area contributed by atoms with Crippen LogP contribution in [-0.4, -0.2) is 71.8 Å². The molecule has 3 aliphatic heterocycles. The Bertz CT molecular complexity index is 1280. The van der Waals surface area contributed by atoms with Crippen molar-refractivity contribution in [1.29, 1.82) is 0 Å². The zero-order chi connectivity index (χ0) is 32.2. The van der Waals surface area contributed by atoms with Crippen LogP contribution in [0.15, 0.2) is 36.2 Å². The van der Waals surface area contributed by atoms with E-state index in [1.807, 2.05) is 13.8 Å². The molecule has 0 aromatic heterocycles. The van der Waals surface area contributed by atoms with Gasteiger partial charge in [-0.2, -0.15) is 4.39 Å². The second kappa shape index (κ2) is 14.2. The molecule has 3 N–H and O–H groups in total. The quantitative estimate of drug-likeness (QED) is 0.227. The van der Waals surface area contributed by atoms with Crippen LogP contribution in [0, 0.1) is 17.8 Å². The number of fused-ring (bicyclic) bond motifs is 3. The van der Waals surface area contributed by atoms with Crippen LogP contribution < -0.4 is 16.0 Å². The second-order valence-corrected chi connectivity index (χ2v) is 12.6. The number of anilines is 1. The van der Waals surface area contributed by atoms with Crippen molar-refractivity contribution in [2.24, 2.45) is 17.8 Å². The Kier molecular flexibility index (Phi) is 10.9. The highest BCUT2D eigenvalue weighted by molar-refractivity contribution is 6.30. The molecule has 5 rings (SSSR count). The summed E-state index contributed by atoms with van der Waals surface area (Å²) >= 11 is 6.14. The van der Waals surface area contributed by atoms with E-state index in [2.05, 4.69) is 16.0 Å². The van der Waals surface area contributed by atoms with Crippen LogP contribution >= 0.6 is 11.6 Å². The fraction of sp³-hybridized carbons (Fsp3) is 0.613. The maximum absolute atomic E-state index is 15.3. The molecule has 13 heteroatoms. The highest BCUT2D eigenvalue weighted by atomic mass is 35.5. The number of ether oxygens (including phenoxy) is 1. The third-order valence-electron chi connectivity index (χ3n) is 8.48. The standard InChI is InChI=1S/C31H40ClF3N4O5/c1-4-44-30(43)24(33)15-21(13-18-10-11-36-27(18)40)38-28(41)26-23-9-8-22(16-31(23,34)35)39(26)29(42)25(12-17(2)3)37-20-7-5-6-19(32)14-20/h5-7,14-15,17-18,21-23,25-26,37H,4,8-13,16H2,1-3H3,(H,36,40)(H,38,41)/b24-15+/t18-,21+,22+,23+,25+,26-/m1/s1. The Labute approximate surface area is 260 Å². The molecule has 242 valence electrons. The van der Waals surface area contributed by atoms with Crippen LogP contribution in [0.4, 0.5) is 18.9 Å². The van der Waals surface area contributed by atoms with Crippen molar-refractivity contribution in [2.45, 2.75) is 89.4 Å². The molecule has 0 unspecified atom stereocenters. The van der Waals surface area contributed by atoms with Crippen LogP contribution in [0.25, 0.3) is 0 Å². The van der Waals surface area contributed by atoms with E-state index in [-0.39, 0.29) is 31.3 Å². The van der Waals surface area contributed by atoms with E-state index in [1.54, 1.807) is 24.3 Å². The molecule has 1 aromatic carbocycles. The van der Waals surface area contributed by atoms with Gasteiger partial charge in [0.1, 0.15) is 12.1 Å². The fourth-order valence-corrected chi connectivity index (χ4v) is 6.72. The van der Waals surface area contributed by atoms with Gasteiger partial charge >= 0.3 is 5.97 Å². The zero-order valence-electron chi connectivity index (χ0n) is 25.1. The highest BCUT2D eigenvalue weighted by Crippen LogP contribution is 2.49. The maximum Gasteiger partial charge on any atom is 0.366 e. The summed E-state index contributed by atoms with van der Waals surface area (Å²) in [5.74, 6) is -9.42. The van der Waals surface area contributed by atoms with Crippen molar-refractivity contribution in [3.8, 4) is 0 Å². The lowest BCUT2D eigenvalue weighted by atomic mass is 9.71. The van der Waals surface area contributed by atoms with Gasteiger partial charge in [-0.15, -0.1) is 0 Å². The number of amides is 3. The summed E-state index contributed by atoms with van der Waals surface area (Å²) in [7, 11) is 0. The molecule has 4 aliphatic rings. The van der Waals surface area contributed by atoms with Gasteiger partial charge in [0.2, 0.25) is 23.5 Å². The zero-order valence-corrected chi connectivity index (χ0v) is 25.8. The number of nitrogens with one attached hydrogen (secondary N) is 3. The molecule has 1 aromatic rings. The molecular weight excluding hydrogens is 601 g/mol. The van der Waals surface area contributed by atoms with Crippen molar-refractivity contribution >= 4 is 41.0 Å². The highest BCUT2D eigenvalue weighted by Gasteiger charge is 2.61. The minimum Gasteiger partial charge on any atom is -0.461 e. The molecule has 44 heavy (non-hydrogen) atoms. The molecule has 4 fully saturated rings. The molecule has 9 nitrogen and oxygen atoms in total. The van der Waals surface area contributed by atoms with Gasteiger partial charge in [0, 0.05) is 35.6 Å². The van der Waals surface area contributed by atoms with E-state index in [4.69, 9.17) is 16.3 Å². The number of nitrogens with zero attached hydrogens (tertiary/aromatic N) is 1. The SMILES string of the molecule is CCOC(=O)/C(F)=C\[C@H](C[C@H]1CCNC1=O)NC(=O)[C@H]1[C@@H]2CC[C@@H](CC2(F)F)N1C(=O)[C@H](CC(C)C)Nc1cccc(Cl)c1. The first-order valence-electron chi connectivity index (χ1n) is 15.1. The number of hydrogen-bond acceptors (Lipinski definition) is 6. The molecular formula is C31H40ClF3N4O5. The number of rotatable bonds is 12. The first-order chi connectivity index (χ1) is 20.8. The molecule has 1 saturated carbocycles. The molecule has 0 spiro atoms. The average Bonchev–Trinajstić information content (AvgIpc) is 3.35. The van der Waals surface area contributed by atoms with Crippen molar-refractivity contribution in [2.75, 3.05) is 18.5 Å². The van der Waals surface area contributed by atoms with Gasteiger partial charge in [-0.25, -0.2) is 13.6 Å². The number of piperidine rings is 2. The predicted molar refractivity (Wildman–Crippen MR) is 159 cm³/mol. The molecule has 3 saturated heterocycles. The number of carbonyl (C=O) groups excluding carboxylic acids is 4. The number of esters is 1. The first-order valence-corrected chi connectivity index (χ1v) is 15.5. The van der Waals surface area contributed by atoms with Gasteiger partial charge in [-0.1, -0.05) is 31.5 Å². The Morgan fingerprint density at radius 2 is 1.98 bits per heavy atom. The van der Waals surface area contributed by atoms with E-state index in [0.29, 0.717) is 36.5 Å². The minimum atomic E-state index is -3.21. The lowest BCUT2D eigenvalue weighted by Crippen LogP contribution is -2.70. The van der Waals surface area contributed by atoms with Gasteiger partial charge < -0.3 is 25.6 Å². The van der Waals surface area contributed by atoms with Gasteiger partial charge in [-0.05, 0) is 69.2 Å². The Hall–Kier alpha value is -3.28. The smallest absolute Gasteiger partial charge is 0.366 e. The Morgan fingerprint density at radius 1 is 1.23 bits per heavy atom. The van der Waals surface area contributed by atoms with Crippen LogP contribution in [0.5, 0.6) is 0 Å². The minimum absolute atomic E-state index is 0.0266. The monoisotopic (exact) mass is 640 g/mol. The Balaban J connectivity index is 1.65. The van der Waals surface area contributed by atoms with Gasteiger partial charge in [-0.3, -0.25) is 14.4 Å². The van der Waals surface area contributed by atoms with Crippen molar-refractivity contribution < 1.29 is 37.1 Å². The maximum atomic E-state index is 15.3. The van der Waals surface area contributed by atoms with E-state index in [1.165, 1.54) is 11.8 Å². The van der Waals surface area contributed by atoms with Crippen LogP contribution in [0.2, 0.25) is 5.02 Å². The third-order valence-corrected chi connectivity index (χ3v) is 8.71. The summed E-state index contributed by atoms with van der Waals surface area (Å²) in [5, 5.41) is 8.90. The van der Waals surface area contributed by atoms with E-state index in [9.17, 15) is 23.6 Å². The average molecular weight is 641 g/mol. The van der Waals surface area contributed by atoms with Gasteiger partial charge in [0.25, 0.3) is 5.92 Å².